The number of carbonyl (C=O) groups excluding carboxylic acids is 1. The van der Waals surface area contributed by atoms with Crippen molar-refractivity contribution in [2.45, 2.75) is 19.3 Å². The maximum absolute atomic E-state index is 11.0. The normalized spacial score (nSPS) is 20.3. The van der Waals surface area contributed by atoms with Gasteiger partial charge in [0.1, 0.15) is 5.78 Å². The smallest absolute Gasteiger partial charge is 0.137 e. The third-order valence-electron chi connectivity index (χ3n) is 2.35. The van der Waals surface area contributed by atoms with Crippen LogP contribution in [-0.4, -0.2) is 5.78 Å². The zero-order chi connectivity index (χ0) is 7.84. The van der Waals surface area contributed by atoms with E-state index < -0.39 is 0 Å². The molecule has 2 rings (SSSR count). The van der Waals surface area contributed by atoms with E-state index in [2.05, 4.69) is 6.07 Å². The molecule has 0 saturated heterocycles. The van der Waals surface area contributed by atoms with Gasteiger partial charge in [-0.1, -0.05) is 24.3 Å². The van der Waals surface area contributed by atoms with Gasteiger partial charge in [-0.2, -0.15) is 0 Å². The molecule has 0 radical (unpaired) electrons. The molecule has 0 spiro atoms. The Hall–Kier alpha value is -1.11. The molecule has 0 fully saturated rings. The van der Waals surface area contributed by atoms with E-state index in [0.29, 0.717) is 5.78 Å². The van der Waals surface area contributed by atoms with Crippen LogP contribution in [0, 0.1) is 0 Å². The van der Waals surface area contributed by atoms with Gasteiger partial charge >= 0.3 is 0 Å². The molecule has 1 aromatic rings. The molecular formula is C10H10O. The van der Waals surface area contributed by atoms with Crippen LogP contribution in [0.25, 0.3) is 0 Å². The summed E-state index contributed by atoms with van der Waals surface area (Å²) in [7, 11) is 0. The maximum Gasteiger partial charge on any atom is 0.137 e. The fourth-order valence-electron chi connectivity index (χ4n) is 1.62. The topological polar surface area (TPSA) is 17.1 Å². The molecule has 11 heavy (non-hydrogen) atoms. The highest BCUT2D eigenvalue weighted by Crippen LogP contribution is 2.34. The summed E-state index contributed by atoms with van der Waals surface area (Å²) in [5, 5.41) is 0. The minimum Gasteiger partial charge on any atom is -0.299 e. The van der Waals surface area contributed by atoms with Gasteiger partial charge in [0, 0.05) is 5.92 Å². The third-order valence-corrected chi connectivity index (χ3v) is 2.35. The Bertz CT molecular complexity index is 301. The quantitative estimate of drug-likeness (QED) is 0.591. The summed E-state index contributed by atoms with van der Waals surface area (Å²) in [6.07, 6.45) is 0.950. The van der Waals surface area contributed by atoms with E-state index in [0.717, 1.165) is 6.42 Å². The van der Waals surface area contributed by atoms with E-state index in [9.17, 15) is 4.79 Å². The molecule has 0 aliphatic heterocycles. The highest BCUT2D eigenvalue weighted by Gasteiger charge is 2.28. The lowest BCUT2D eigenvalue weighted by atomic mass is 9.76. The number of hydrogen-bond donors (Lipinski definition) is 0. The number of carbonyl (C=O) groups is 1. The van der Waals surface area contributed by atoms with Crippen LogP contribution in [0.1, 0.15) is 24.0 Å². The second-order valence-corrected chi connectivity index (χ2v) is 3.07. The van der Waals surface area contributed by atoms with Crippen LogP contribution in [0.2, 0.25) is 0 Å². The highest BCUT2D eigenvalue weighted by atomic mass is 16.1. The molecule has 1 atom stereocenters. The van der Waals surface area contributed by atoms with E-state index in [4.69, 9.17) is 0 Å². The first-order chi connectivity index (χ1) is 5.29. The average Bonchev–Trinajstić information content (AvgIpc) is 1.90. The van der Waals surface area contributed by atoms with Crippen LogP contribution in [0.3, 0.4) is 0 Å². The predicted octanol–water partition coefficient (Wildman–Crippen LogP) is 1.92. The second kappa shape index (κ2) is 2.19. The van der Waals surface area contributed by atoms with Gasteiger partial charge in [-0.3, -0.25) is 4.79 Å². The van der Waals surface area contributed by atoms with Gasteiger partial charge in [-0.15, -0.1) is 0 Å². The van der Waals surface area contributed by atoms with Crippen molar-refractivity contribution in [3.05, 3.63) is 35.4 Å². The summed E-state index contributed by atoms with van der Waals surface area (Å²) >= 11 is 0. The molecule has 1 aliphatic rings. The maximum atomic E-state index is 11.0. The van der Waals surface area contributed by atoms with Crippen LogP contribution < -0.4 is 0 Å². The fourth-order valence-corrected chi connectivity index (χ4v) is 1.62. The summed E-state index contributed by atoms with van der Waals surface area (Å²) in [4.78, 5) is 11.0. The Kier molecular flexibility index (Phi) is 1.31. The third kappa shape index (κ3) is 0.881. The van der Waals surface area contributed by atoms with Gasteiger partial charge in [0.25, 0.3) is 0 Å². The van der Waals surface area contributed by atoms with Crippen molar-refractivity contribution >= 4 is 5.78 Å². The molecule has 1 nitrogen and oxygen atoms in total. The number of rotatable bonds is 1. The van der Waals surface area contributed by atoms with Gasteiger partial charge in [0.15, 0.2) is 0 Å². The molecule has 1 aromatic carbocycles. The standard InChI is InChI=1S/C10H10O/c1-7(11)10-6-8-4-2-3-5-9(8)10/h2-5,10H,6H2,1H3/t10-/m0/s1. The monoisotopic (exact) mass is 146 g/mol. The van der Waals surface area contributed by atoms with E-state index >= 15 is 0 Å². The molecular weight excluding hydrogens is 136 g/mol. The lowest BCUT2D eigenvalue weighted by molar-refractivity contribution is -0.118. The first-order valence-corrected chi connectivity index (χ1v) is 3.87. The molecule has 1 heteroatoms. The Balaban J connectivity index is 2.36. The van der Waals surface area contributed by atoms with Crippen molar-refractivity contribution in [1.82, 2.24) is 0 Å². The molecule has 0 amide bonds. The lowest BCUT2D eigenvalue weighted by Crippen LogP contribution is -2.22. The number of fused-ring (bicyclic) bond motifs is 1. The SMILES string of the molecule is CC(=O)[C@@H]1Cc2ccccc21. The minimum atomic E-state index is 0.200. The molecule has 56 valence electrons. The van der Waals surface area contributed by atoms with Crippen molar-refractivity contribution in [3.8, 4) is 0 Å². The van der Waals surface area contributed by atoms with Crippen molar-refractivity contribution in [1.29, 1.82) is 0 Å². The fraction of sp³-hybridized carbons (Fsp3) is 0.300. The minimum absolute atomic E-state index is 0.200. The molecule has 0 bridgehead atoms. The van der Waals surface area contributed by atoms with E-state index in [1.165, 1.54) is 11.1 Å². The van der Waals surface area contributed by atoms with Gasteiger partial charge in [-0.25, -0.2) is 0 Å². The molecule has 1 aliphatic carbocycles. The van der Waals surface area contributed by atoms with Gasteiger partial charge in [0.2, 0.25) is 0 Å². The van der Waals surface area contributed by atoms with E-state index in [-0.39, 0.29) is 5.92 Å². The van der Waals surface area contributed by atoms with Crippen LogP contribution in [0.4, 0.5) is 0 Å². The van der Waals surface area contributed by atoms with Crippen molar-refractivity contribution < 1.29 is 4.79 Å². The molecule has 0 unspecified atom stereocenters. The molecule has 0 N–H and O–H groups in total. The van der Waals surface area contributed by atoms with Crippen molar-refractivity contribution in [2.24, 2.45) is 0 Å². The number of ketones is 1. The molecule has 0 heterocycles. The summed E-state index contributed by atoms with van der Waals surface area (Å²) in [5.74, 6) is 0.495. The highest BCUT2D eigenvalue weighted by molar-refractivity contribution is 5.86. The largest absolute Gasteiger partial charge is 0.299 e. The van der Waals surface area contributed by atoms with Crippen LogP contribution >= 0.6 is 0 Å². The Labute approximate surface area is 66.0 Å². The lowest BCUT2D eigenvalue weighted by Gasteiger charge is -2.27. The number of benzene rings is 1. The van der Waals surface area contributed by atoms with Gasteiger partial charge in [-0.05, 0) is 24.5 Å². The first-order valence-electron chi connectivity index (χ1n) is 3.87. The Morgan fingerprint density at radius 3 is 2.82 bits per heavy atom. The predicted molar refractivity (Wildman–Crippen MR) is 43.6 cm³/mol. The van der Waals surface area contributed by atoms with Crippen LogP contribution in [0.5, 0.6) is 0 Å². The van der Waals surface area contributed by atoms with Gasteiger partial charge in [0.05, 0.1) is 0 Å². The van der Waals surface area contributed by atoms with E-state index in [1.807, 2.05) is 18.2 Å². The summed E-state index contributed by atoms with van der Waals surface area (Å²) in [6.45, 7) is 1.67. The first kappa shape index (κ1) is 6.59. The zero-order valence-corrected chi connectivity index (χ0v) is 6.50. The average molecular weight is 146 g/mol. The molecule has 0 saturated carbocycles. The van der Waals surface area contributed by atoms with Crippen LogP contribution in [0.15, 0.2) is 24.3 Å². The van der Waals surface area contributed by atoms with Crippen LogP contribution in [-0.2, 0) is 11.2 Å². The van der Waals surface area contributed by atoms with Crippen molar-refractivity contribution in [3.63, 3.8) is 0 Å². The van der Waals surface area contributed by atoms with Gasteiger partial charge < -0.3 is 0 Å². The molecule has 0 aromatic heterocycles. The Morgan fingerprint density at radius 2 is 2.18 bits per heavy atom. The second-order valence-electron chi connectivity index (χ2n) is 3.07. The van der Waals surface area contributed by atoms with E-state index in [1.54, 1.807) is 6.92 Å². The van der Waals surface area contributed by atoms with Crippen molar-refractivity contribution in [2.75, 3.05) is 0 Å². The number of hydrogen-bond acceptors (Lipinski definition) is 1. The summed E-state index contributed by atoms with van der Waals surface area (Å²) in [6, 6.07) is 8.16. The zero-order valence-electron chi connectivity index (χ0n) is 6.50. The number of Topliss-reactive ketones (excluding diaryl/α,β-unsaturated/α-hetero) is 1. The Morgan fingerprint density at radius 1 is 1.45 bits per heavy atom. The summed E-state index contributed by atoms with van der Waals surface area (Å²) < 4.78 is 0. The summed E-state index contributed by atoms with van der Waals surface area (Å²) in [5.41, 5.74) is 2.58.